The van der Waals surface area contributed by atoms with Gasteiger partial charge < -0.3 is 5.73 Å². The summed E-state index contributed by atoms with van der Waals surface area (Å²) in [7, 11) is -3.68. The first kappa shape index (κ1) is 14.3. The van der Waals surface area contributed by atoms with Gasteiger partial charge in [-0.05, 0) is 37.3 Å². The number of sulfonamides is 1. The molecule has 0 bridgehead atoms. The van der Waals surface area contributed by atoms with Crippen LogP contribution in [0.1, 0.15) is 6.92 Å². The second-order valence-electron chi connectivity index (χ2n) is 4.19. The predicted molar refractivity (Wildman–Crippen MR) is 77.5 cm³/mol. The van der Waals surface area contributed by atoms with Gasteiger partial charge in [0.15, 0.2) is 0 Å². The Hall–Kier alpha value is -2.08. The molecule has 0 aromatic heterocycles. The lowest BCUT2D eigenvalue weighted by molar-refractivity contribution is 0.591. The highest BCUT2D eigenvalue weighted by molar-refractivity contribution is 7.92. The molecule has 0 saturated carbocycles. The maximum atomic E-state index is 13.2. The van der Waals surface area contributed by atoms with Gasteiger partial charge in [-0.25, -0.2) is 12.8 Å². The first-order valence-electron chi connectivity index (χ1n) is 6.09. The third-order valence-electron chi connectivity index (χ3n) is 2.89. The molecule has 6 heteroatoms. The van der Waals surface area contributed by atoms with Crippen LogP contribution in [0.4, 0.5) is 15.8 Å². The van der Waals surface area contributed by atoms with Crippen molar-refractivity contribution in [2.24, 2.45) is 0 Å². The first-order valence-corrected chi connectivity index (χ1v) is 7.53. The molecular formula is C14H15FN2O2S. The molecule has 0 radical (unpaired) electrons. The molecule has 0 saturated heterocycles. The van der Waals surface area contributed by atoms with E-state index in [9.17, 15) is 12.8 Å². The number of halogens is 1. The number of anilines is 2. The summed E-state index contributed by atoms with van der Waals surface area (Å²) in [5.41, 5.74) is 5.76. The van der Waals surface area contributed by atoms with Gasteiger partial charge in [0.05, 0.1) is 16.3 Å². The van der Waals surface area contributed by atoms with Crippen molar-refractivity contribution in [1.82, 2.24) is 0 Å². The summed E-state index contributed by atoms with van der Waals surface area (Å²) >= 11 is 0. The van der Waals surface area contributed by atoms with E-state index in [4.69, 9.17) is 5.73 Å². The molecule has 20 heavy (non-hydrogen) atoms. The van der Waals surface area contributed by atoms with Crippen LogP contribution in [0, 0.1) is 5.82 Å². The number of hydrogen-bond donors (Lipinski definition) is 1. The molecule has 0 heterocycles. The monoisotopic (exact) mass is 294 g/mol. The highest BCUT2D eigenvalue weighted by Crippen LogP contribution is 2.26. The molecule has 0 unspecified atom stereocenters. The lowest BCUT2D eigenvalue weighted by atomic mass is 10.2. The summed E-state index contributed by atoms with van der Waals surface area (Å²) in [5.74, 6) is -0.568. The van der Waals surface area contributed by atoms with Gasteiger partial charge in [0, 0.05) is 6.54 Å². The highest BCUT2D eigenvalue weighted by Gasteiger charge is 2.23. The number of nitrogens with two attached hydrogens (primary N) is 1. The maximum Gasteiger partial charge on any atom is 0.264 e. The average molecular weight is 294 g/mol. The van der Waals surface area contributed by atoms with E-state index in [0.717, 1.165) is 6.07 Å². The van der Waals surface area contributed by atoms with Gasteiger partial charge in [-0.3, -0.25) is 4.31 Å². The second kappa shape index (κ2) is 5.50. The molecule has 2 aromatic rings. The van der Waals surface area contributed by atoms with E-state index >= 15 is 0 Å². The van der Waals surface area contributed by atoms with E-state index < -0.39 is 15.8 Å². The van der Waals surface area contributed by atoms with Crippen molar-refractivity contribution in [3.05, 3.63) is 54.3 Å². The Morgan fingerprint density at radius 1 is 1.15 bits per heavy atom. The summed E-state index contributed by atoms with van der Waals surface area (Å²) in [5, 5.41) is 0. The minimum atomic E-state index is -3.68. The van der Waals surface area contributed by atoms with Crippen LogP contribution in [0.15, 0.2) is 53.4 Å². The normalized spacial score (nSPS) is 11.3. The van der Waals surface area contributed by atoms with Crippen LogP contribution in [-0.4, -0.2) is 15.0 Å². The third-order valence-corrected chi connectivity index (χ3v) is 4.80. The topological polar surface area (TPSA) is 63.4 Å². The molecule has 0 aliphatic rings. The molecule has 4 nitrogen and oxygen atoms in total. The van der Waals surface area contributed by atoms with Gasteiger partial charge in [-0.2, -0.15) is 0 Å². The summed E-state index contributed by atoms with van der Waals surface area (Å²) in [6.45, 7) is 1.93. The number of hydrogen-bond acceptors (Lipinski definition) is 3. The van der Waals surface area contributed by atoms with E-state index in [1.165, 1.54) is 28.6 Å². The fourth-order valence-electron chi connectivity index (χ4n) is 1.90. The lowest BCUT2D eigenvalue weighted by Crippen LogP contribution is -2.30. The summed E-state index contributed by atoms with van der Waals surface area (Å²) in [6.07, 6.45) is 0. The Balaban J connectivity index is 2.49. The van der Waals surface area contributed by atoms with Crippen LogP contribution < -0.4 is 10.0 Å². The SMILES string of the molecule is CCN(c1ccc(F)c(N)c1)S(=O)(=O)c1ccccc1. The van der Waals surface area contributed by atoms with Gasteiger partial charge >= 0.3 is 0 Å². The van der Waals surface area contributed by atoms with Crippen molar-refractivity contribution < 1.29 is 12.8 Å². The van der Waals surface area contributed by atoms with Gasteiger partial charge in [0.1, 0.15) is 5.82 Å². The van der Waals surface area contributed by atoms with Crippen molar-refractivity contribution in [3.8, 4) is 0 Å². The van der Waals surface area contributed by atoms with Crippen molar-refractivity contribution in [2.45, 2.75) is 11.8 Å². The van der Waals surface area contributed by atoms with Gasteiger partial charge in [0.25, 0.3) is 10.0 Å². The summed E-state index contributed by atoms with van der Waals surface area (Å²) in [6, 6.07) is 12.0. The van der Waals surface area contributed by atoms with Crippen LogP contribution in [0.2, 0.25) is 0 Å². The quantitative estimate of drug-likeness (QED) is 0.882. The molecule has 0 spiro atoms. The second-order valence-corrected chi connectivity index (χ2v) is 6.05. The summed E-state index contributed by atoms with van der Waals surface area (Å²) < 4.78 is 39.5. The fraction of sp³-hybridized carbons (Fsp3) is 0.143. The van der Waals surface area contributed by atoms with Crippen molar-refractivity contribution in [2.75, 3.05) is 16.6 Å². The van der Waals surface area contributed by atoms with Crippen LogP contribution in [0.25, 0.3) is 0 Å². The molecule has 0 amide bonds. The van der Waals surface area contributed by atoms with E-state index in [-0.39, 0.29) is 17.1 Å². The van der Waals surface area contributed by atoms with Crippen LogP contribution in [0.3, 0.4) is 0 Å². The van der Waals surface area contributed by atoms with E-state index in [0.29, 0.717) is 5.69 Å². The third kappa shape index (κ3) is 2.60. The number of nitrogen functional groups attached to an aromatic ring is 1. The molecule has 0 atom stereocenters. The van der Waals surface area contributed by atoms with E-state index in [1.807, 2.05) is 0 Å². The molecule has 0 fully saturated rings. The molecule has 2 N–H and O–H groups in total. The van der Waals surface area contributed by atoms with Gasteiger partial charge in [0.2, 0.25) is 0 Å². The van der Waals surface area contributed by atoms with Crippen LogP contribution >= 0.6 is 0 Å². The standard InChI is InChI=1S/C14H15FN2O2S/c1-2-17(11-8-9-13(15)14(16)10-11)20(18,19)12-6-4-3-5-7-12/h3-10H,2,16H2,1H3. The zero-order valence-corrected chi connectivity index (χ0v) is 11.8. The van der Waals surface area contributed by atoms with Crippen molar-refractivity contribution >= 4 is 21.4 Å². The average Bonchev–Trinajstić information content (AvgIpc) is 2.44. The molecule has 2 rings (SSSR count). The van der Waals surface area contributed by atoms with Crippen LogP contribution in [0.5, 0.6) is 0 Å². The lowest BCUT2D eigenvalue weighted by Gasteiger charge is -2.23. The molecule has 0 aliphatic carbocycles. The zero-order chi connectivity index (χ0) is 14.8. The van der Waals surface area contributed by atoms with E-state index in [2.05, 4.69) is 0 Å². The Kier molecular flexibility index (Phi) is 3.94. The molecular weight excluding hydrogens is 279 g/mol. The Labute approximate surface area is 117 Å². The van der Waals surface area contributed by atoms with Crippen molar-refractivity contribution in [3.63, 3.8) is 0 Å². The van der Waals surface area contributed by atoms with Gasteiger partial charge in [-0.15, -0.1) is 0 Å². The maximum absolute atomic E-state index is 13.2. The largest absolute Gasteiger partial charge is 0.396 e. The first-order chi connectivity index (χ1) is 9.46. The minimum Gasteiger partial charge on any atom is -0.396 e. The predicted octanol–water partition coefficient (Wildman–Crippen LogP) is 2.62. The van der Waals surface area contributed by atoms with Gasteiger partial charge in [-0.1, -0.05) is 18.2 Å². The Morgan fingerprint density at radius 3 is 2.35 bits per heavy atom. The minimum absolute atomic E-state index is 0.0794. The molecule has 106 valence electrons. The Bertz CT molecular complexity index is 702. The Morgan fingerprint density at radius 2 is 1.80 bits per heavy atom. The number of nitrogens with zero attached hydrogens (tertiary/aromatic N) is 1. The van der Waals surface area contributed by atoms with E-state index in [1.54, 1.807) is 25.1 Å². The number of benzene rings is 2. The highest BCUT2D eigenvalue weighted by atomic mass is 32.2. The zero-order valence-electron chi connectivity index (χ0n) is 11.0. The fourth-order valence-corrected chi connectivity index (χ4v) is 3.38. The van der Waals surface area contributed by atoms with Crippen LogP contribution in [-0.2, 0) is 10.0 Å². The molecule has 2 aromatic carbocycles. The molecule has 0 aliphatic heterocycles. The summed E-state index contributed by atoms with van der Waals surface area (Å²) in [4.78, 5) is 0.185. The number of rotatable bonds is 4. The van der Waals surface area contributed by atoms with Crippen molar-refractivity contribution in [1.29, 1.82) is 0 Å². The smallest absolute Gasteiger partial charge is 0.264 e.